The van der Waals surface area contributed by atoms with Crippen LogP contribution in [0.2, 0.25) is 0 Å². The lowest BCUT2D eigenvalue weighted by atomic mass is 10.0. The van der Waals surface area contributed by atoms with Crippen LogP contribution >= 0.6 is 0 Å². The SMILES string of the molecule is C#CCCN1CCC(Nc2ccccc2C(F)(F)F)CC1. The third-order valence-electron chi connectivity index (χ3n) is 3.75. The lowest BCUT2D eigenvalue weighted by Crippen LogP contribution is -2.39. The minimum absolute atomic E-state index is 0.0792. The Labute approximate surface area is 123 Å². The molecule has 114 valence electrons. The number of alkyl halides is 3. The summed E-state index contributed by atoms with van der Waals surface area (Å²) in [7, 11) is 0. The molecule has 5 heteroatoms. The summed E-state index contributed by atoms with van der Waals surface area (Å²) >= 11 is 0. The first-order chi connectivity index (χ1) is 10.0. The zero-order chi connectivity index (χ0) is 15.3. The predicted molar refractivity (Wildman–Crippen MR) is 78.0 cm³/mol. The molecule has 1 heterocycles. The van der Waals surface area contributed by atoms with Crippen molar-refractivity contribution in [2.45, 2.75) is 31.5 Å². The van der Waals surface area contributed by atoms with Gasteiger partial charge >= 0.3 is 6.18 Å². The van der Waals surface area contributed by atoms with E-state index in [9.17, 15) is 13.2 Å². The van der Waals surface area contributed by atoms with Crippen molar-refractivity contribution in [1.82, 2.24) is 4.90 Å². The van der Waals surface area contributed by atoms with E-state index in [1.54, 1.807) is 6.07 Å². The predicted octanol–water partition coefficient (Wildman–Crippen LogP) is 3.61. The van der Waals surface area contributed by atoms with Gasteiger partial charge in [-0.05, 0) is 25.0 Å². The number of hydrogen-bond donors (Lipinski definition) is 1. The van der Waals surface area contributed by atoms with E-state index in [1.807, 2.05) is 0 Å². The third kappa shape index (κ3) is 4.40. The minimum Gasteiger partial charge on any atom is -0.382 e. The molecule has 1 saturated heterocycles. The zero-order valence-corrected chi connectivity index (χ0v) is 11.8. The number of nitrogens with one attached hydrogen (secondary N) is 1. The van der Waals surface area contributed by atoms with Crippen molar-refractivity contribution in [1.29, 1.82) is 0 Å². The van der Waals surface area contributed by atoms with Gasteiger partial charge in [0.2, 0.25) is 0 Å². The molecule has 0 bridgehead atoms. The summed E-state index contributed by atoms with van der Waals surface area (Å²) < 4.78 is 38.8. The molecule has 1 aliphatic rings. The normalized spacial score (nSPS) is 17.4. The van der Waals surface area contributed by atoms with E-state index in [2.05, 4.69) is 16.1 Å². The first-order valence-electron chi connectivity index (χ1n) is 7.09. The number of rotatable bonds is 4. The topological polar surface area (TPSA) is 15.3 Å². The van der Waals surface area contributed by atoms with E-state index in [-0.39, 0.29) is 11.7 Å². The van der Waals surface area contributed by atoms with Gasteiger partial charge in [0.25, 0.3) is 0 Å². The first-order valence-corrected chi connectivity index (χ1v) is 7.09. The van der Waals surface area contributed by atoms with Gasteiger partial charge in [-0.1, -0.05) is 12.1 Å². The fourth-order valence-corrected chi connectivity index (χ4v) is 2.60. The summed E-state index contributed by atoms with van der Waals surface area (Å²) in [6, 6.07) is 5.73. The Morgan fingerprint density at radius 2 is 1.90 bits per heavy atom. The molecule has 1 N–H and O–H groups in total. The molecule has 0 amide bonds. The van der Waals surface area contributed by atoms with Crippen molar-refractivity contribution in [3.63, 3.8) is 0 Å². The molecule has 1 fully saturated rings. The number of para-hydroxylation sites is 1. The molecule has 1 aliphatic heterocycles. The van der Waals surface area contributed by atoms with Crippen molar-refractivity contribution in [3.05, 3.63) is 29.8 Å². The van der Waals surface area contributed by atoms with Crippen LogP contribution in [-0.4, -0.2) is 30.6 Å². The molecule has 1 aromatic rings. The molecule has 21 heavy (non-hydrogen) atoms. The van der Waals surface area contributed by atoms with Crippen LogP contribution in [0.15, 0.2) is 24.3 Å². The Balaban J connectivity index is 1.94. The molecule has 0 atom stereocenters. The van der Waals surface area contributed by atoms with Crippen molar-refractivity contribution in [2.75, 3.05) is 25.0 Å². The fraction of sp³-hybridized carbons (Fsp3) is 0.500. The molecule has 0 unspecified atom stereocenters. The van der Waals surface area contributed by atoms with Gasteiger partial charge in [-0.2, -0.15) is 13.2 Å². The van der Waals surface area contributed by atoms with Crippen molar-refractivity contribution in [3.8, 4) is 12.3 Å². The van der Waals surface area contributed by atoms with Gasteiger partial charge < -0.3 is 10.2 Å². The van der Waals surface area contributed by atoms with Crippen molar-refractivity contribution in [2.24, 2.45) is 0 Å². The van der Waals surface area contributed by atoms with Gasteiger partial charge in [0.15, 0.2) is 0 Å². The van der Waals surface area contributed by atoms with E-state index >= 15 is 0 Å². The van der Waals surface area contributed by atoms with Crippen LogP contribution in [0.3, 0.4) is 0 Å². The number of hydrogen-bond acceptors (Lipinski definition) is 2. The quantitative estimate of drug-likeness (QED) is 0.854. The number of piperidine rings is 1. The molecular formula is C16H19F3N2. The van der Waals surface area contributed by atoms with Gasteiger partial charge in [-0.3, -0.25) is 0 Å². The summed E-state index contributed by atoms with van der Waals surface area (Å²) in [6.45, 7) is 2.60. The van der Waals surface area contributed by atoms with Crippen LogP contribution in [0.4, 0.5) is 18.9 Å². The van der Waals surface area contributed by atoms with Crippen LogP contribution < -0.4 is 5.32 Å². The molecule has 0 spiro atoms. The van der Waals surface area contributed by atoms with E-state index in [0.29, 0.717) is 0 Å². The summed E-state index contributed by atoms with van der Waals surface area (Å²) in [5.41, 5.74) is -0.424. The smallest absolute Gasteiger partial charge is 0.382 e. The maximum absolute atomic E-state index is 12.9. The van der Waals surface area contributed by atoms with E-state index in [1.165, 1.54) is 12.1 Å². The van der Waals surface area contributed by atoms with E-state index in [4.69, 9.17) is 6.42 Å². The van der Waals surface area contributed by atoms with E-state index in [0.717, 1.165) is 45.0 Å². The third-order valence-corrected chi connectivity index (χ3v) is 3.75. The number of benzene rings is 1. The van der Waals surface area contributed by atoms with Gasteiger partial charge in [-0.15, -0.1) is 12.3 Å². The average Bonchev–Trinajstić information content (AvgIpc) is 2.46. The standard InChI is InChI=1S/C16H19F3N2/c1-2-3-10-21-11-8-13(9-12-21)20-15-7-5-4-6-14(15)16(17,18)19/h1,4-7,13,20H,3,8-12H2. The number of terminal acetylenes is 1. The molecule has 2 nitrogen and oxygen atoms in total. The summed E-state index contributed by atoms with van der Waals surface area (Å²) in [5, 5.41) is 3.05. The van der Waals surface area contributed by atoms with Gasteiger partial charge in [0, 0.05) is 37.8 Å². The second kappa shape index (κ2) is 6.86. The van der Waals surface area contributed by atoms with Crippen LogP contribution in [0.25, 0.3) is 0 Å². The average molecular weight is 296 g/mol. The molecular weight excluding hydrogens is 277 g/mol. The Morgan fingerprint density at radius 3 is 2.52 bits per heavy atom. The second-order valence-electron chi connectivity index (χ2n) is 5.26. The highest BCUT2D eigenvalue weighted by molar-refractivity contribution is 5.53. The molecule has 0 saturated carbocycles. The van der Waals surface area contributed by atoms with Gasteiger partial charge in [0.05, 0.1) is 5.56 Å². The lowest BCUT2D eigenvalue weighted by Gasteiger charge is -2.33. The minimum atomic E-state index is -4.32. The lowest BCUT2D eigenvalue weighted by molar-refractivity contribution is -0.137. The highest BCUT2D eigenvalue weighted by Crippen LogP contribution is 2.35. The second-order valence-corrected chi connectivity index (χ2v) is 5.26. The van der Waals surface area contributed by atoms with Crippen molar-refractivity contribution >= 4 is 5.69 Å². The first kappa shape index (κ1) is 15.7. The Morgan fingerprint density at radius 1 is 1.24 bits per heavy atom. The number of nitrogens with zero attached hydrogens (tertiary/aromatic N) is 1. The zero-order valence-electron chi connectivity index (χ0n) is 11.8. The Bertz CT molecular complexity index is 497. The van der Waals surface area contributed by atoms with Crippen LogP contribution in [0.1, 0.15) is 24.8 Å². The summed E-state index contributed by atoms with van der Waals surface area (Å²) in [6.07, 6.45) is 3.29. The number of likely N-dealkylation sites (tertiary alicyclic amines) is 1. The maximum atomic E-state index is 12.9. The highest BCUT2D eigenvalue weighted by atomic mass is 19.4. The molecule has 0 radical (unpaired) electrons. The maximum Gasteiger partial charge on any atom is 0.418 e. The molecule has 1 aromatic carbocycles. The fourth-order valence-electron chi connectivity index (χ4n) is 2.60. The molecule has 2 rings (SSSR count). The van der Waals surface area contributed by atoms with E-state index < -0.39 is 11.7 Å². The van der Waals surface area contributed by atoms with Crippen molar-refractivity contribution < 1.29 is 13.2 Å². The summed E-state index contributed by atoms with van der Waals surface area (Å²) in [5.74, 6) is 2.61. The van der Waals surface area contributed by atoms with Gasteiger partial charge in [0.1, 0.15) is 0 Å². The highest BCUT2D eigenvalue weighted by Gasteiger charge is 2.33. The Hall–Kier alpha value is -1.67. The van der Waals surface area contributed by atoms with Crippen LogP contribution in [-0.2, 0) is 6.18 Å². The van der Waals surface area contributed by atoms with Crippen LogP contribution in [0.5, 0.6) is 0 Å². The van der Waals surface area contributed by atoms with Gasteiger partial charge in [-0.25, -0.2) is 0 Å². The largest absolute Gasteiger partial charge is 0.418 e. The monoisotopic (exact) mass is 296 g/mol. The number of anilines is 1. The molecule has 0 aromatic heterocycles. The number of halogens is 3. The molecule has 0 aliphatic carbocycles. The Kier molecular flexibility index (Phi) is 5.13. The van der Waals surface area contributed by atoms with Crippen LogP contribution in [0, 0.1) is 12.3 Å². The summed E-state index contributed by atoms with van der Waals surface area (Å²) in [4.78, 5) is 2.26.